The summed E-state index contributed by atoms with van der Waals surface area (Å²) < 4.78 is 5.84. The van der Waals surface area contributed by atoms with Crippen molar-refractivity contribution in [1.82, 2.24) is 4.90 Å². The number of carbonyl (C=O) groups is 2. The third-order valence-electron chi connectivity index (χ3n) is 7.03. The maximum atomic E-state index is 13.1. The van der Waals surface area contributed by atoms with Gasteiger partial charge in [0, 0.05) is 41.7 Å². The summed E-state index contributed by atoms with van der Waals surface area (Å²) in [5.41, 5.74) is 12.4. The van der Waals surface area contributed by atoms with Crippen LogP contribution in [0, 0.1) is 0 Å². The quantitative estimate of drug-likeness (QED) is 0.294. The molecule has 6 rings (SSSR count). The van der Waals surface area contributed by atoms with Gasteiger partial charge in [0.1, 0.15) is 13.2 Å². The lowest BCUT2D eigenvalue weighted by Gasteiger charge is -2.23. The van der Waals surface area contributed by atoms with E-state index in [4.69, 9.17) is 20.2 Å². The second kappa shape index (κ2) is 8.74. The Kier molecular flexibility index (Phi) is 5.41. The molecule has 0 bridgehead atoms. The second-order valence-electron chi connectivity index (χ2n) is 9.29. The lowest BCUT2D eigenvalue weighted by Crippen LogP contribution is -2.36. The molecule has 178 valence electrons. The van der Waals surface area contributed by atoms with Gasteiger partial charge in [0.2, 0.25) is 0 Å². The molecular formula is C28H26N2O5. The number of nitrogens with two attached hydrogens (primary N) is 1. The van der Waals surface area contributed by atoms with Gasteiger partial charge in [-0.05, 0) is 47.2 Å². The van der Waals surface area contributed by atoms with Gasteiger partial charge in [-0.1, -0.05) is 48.5 Å². The molecule has 7 heteroatoms. The van der Waals surface area contributed by atoms with E-state index in [2.05, 4.69) is 24.3 Å². The average molecular weight is 471 g/mol. The summed E-state index contributed by atoms with van der Waals surface area (Å²) >= 11 is 0. The van der Waals surface area contributed by atoms with Gasteiger partial charge in [0.15, 0.2) is 11.5 Å². The second-order valence-corrected chi connectivity index (χ2v) is 9.29. The van der Waals surface area contributed by atoms with Crippen molar-refractivity contribution in [2.24, 2.45) is 0 Å². The summed E-state index contributed by atoms with van der Waals surface area (Å²) in [7, 11) is 0. The van der Waals surface area contributed by atoms with Gasteiger partial charge in [0.25, 0.3) is 0 Å². The van der Waals surface area contributed by atoms with Gasteiger partial charge in [-0.25, -0.2) is 4.79 Å². The third kappa shape index (κ3) is 4.02. The predicted octanol–water partition coefficient (Wildman–Crippen LogP) is 5.08. The van der Waals surface area contributed by atoms with E-state index in [-0.39, 0.29) is 43.4 Å². The van der Waals surface area contributed by atoms with Crippen LogP contribution in [0.25, 0.3) is 11.1 Å². The molecule has 0 unspecified atom stereocenters. The van der Waals surface area contributed by atoms with E-state index in [0.717, 1.165) is 18.4 Å². The SMILES string of the molecule is Nc1cc2c(cc1C(=O)CCN(C(=O)OCC1c3ccccc3-c3ccccc31)C1CC1)OOC2. The Morgan fingerprint density at radius 1 is 1.00 bits per heavy atom. The summed E-state index contributed by atoms with van der Waals surface area (Å²) in [5, 5.41) is 0. The molecule has 0 aromatic heterocycles. The van der Waals surface area contributed by atoms with Crippen LogP contribution in [0.4, 0.5) is 10.5 Å². The first kappa shape index (κ1) is 21.7. The number of nitrogens with zero attached hydrogens (tertiary/aromatic N) is 1. The Morgan fingerprint density at radius 3 is 2.37 bits per heavy atom. The molecule has 0 spiro atoms. The minimum absolute atomic E-state index is 0.00228. The van der Waals surface area contributed by atoms with E-state index in [9.17, 15) is 9.59 Å². The van der Waals surface area contributed by atoms with E-state index in [1.54, 1.807) is 17.0 Å². The van der Waals surface area contributed by atoms with Crippen molar-refractivity contribution in [2.45, 2.75) is 37.8 Å². The summed E-state index contributed by atoms with van der Waals surface area (Å²) in [6.45, 7) is 0.860. The summed E-state index contributed by atoms with van der Waals surface area (Å²) in [5.74, 6) is 0.374. The first-order valence-electron chi connectivity index (χ1n) is 12.0. The van der Waals surface area contributed by atoms with Crippen molar-refractivity contribution in [1.29, 1.82) is 0 Å². The summed E-state index contributed by atoms with van der Waals surface area (Å²) in [4.78, 5) is 37.8. The number of amides is 1. The van der Waals surface area contributed by atoms with Crippen LogP contribution >= 0.6 is 0 Å². The van der Waals surface area contributed by atoms with Crippen molar-refractivity contribution < 1.29 is 24.1 Å². The maximum absolute atomic E-state index is 13.1. The molecule has 1 fully saturated rings. The number of rotatable bonds is 7. The number of Topliss-reactive ketones (excluding diaryl/α,β-unsaturated/α-hetero) is 1. The van der Waals surface area contributed by atoms with E-state index >= 15 is 0 Å². The monoisotopic (exact) mass is 470 g/mol. The van der Waals surface area contributed by atoms with Gasteiger partial charge in [-0.15, -0.1) is 0 Å². The van der Waals surface area contributed by atoms with E-state index < -0.39 is 0 Å². The first-order chi connectivity index (χ1) is 17.1. The summed E-state index contributed by atoms with van der Waals surface area (Å²) in [6, 6.07) is 20.0. The van der Waals surface area contributed by atoms with Gasteiger partial charge in [-0.2, -0.15) is 4.89 Å². The Balaban J connectivity index is 1.13. The molecule has 2 N–H and O–H groups in total. The van der Waals surface area contributed by atoms with E-state index in [0.29, 0.717) is 23.6 Å². The van der Waals surface area contributed by atoms with Crippen LogP contribution in [0.5, 0.6) is 5.75 Å². The van der Waals surface area contributed by atoms with Crippen LogP contribution < -0.4 is 10.6 Å². The maximum Gasteiger partial charge on any atom is 0.410 e. The molecule has 2 aliphatic carbocycles. The lowest BCUT2D eigenvalue weighted by molar-refractivity contribution is -0.194. The highest BCUT2D eigenvalue weighted by Crippen LogP contribution is 2.44. The van der Waals surface area contributed by atoms with Crippen molar-refractivity contribution in [2.75, 3.05) is 18.9 Å². The van der Waals surface area contributed by atoms with Gasteiger partial charge in [0.05, 0.1) is 0 Å². The highest BCUT2D eigenvalue weighted by atomic mass is 17.2. The normalized spacial score (nSPS) is 15.7. The molecular weight excluding hydrogens is 444 g/mol. The fraction of sp³-hybridized carbons (Fsp3) is 0.286. The fourth-order valence-corrected chi connectivity index (χ4v) is 5.07. The minimum atomic E-state index is -0.374. The number of hydrogen-bond acceptors (Lipinski definition) is 6. The van der Waals surface area contributed by atoms with Crippen LogP contribution in [-0.2, 0) is 16.2 Å². The highest BCUT2D eigenvalue weighted by molar-refractivity contribution is 6.01. The van der Waals surface area contributed by atoms with Crippen LogP contribution in [0.2, 0.25) is 0 Å². The Hall–Kier alpha value is -3.84. The highest BCUT2D eigenvalue weighted by Gasteiger charge is 2.35. The molecule has 35 heavy (non-hydrogen) atoms. The Bertz CT molecular complexity index is 1270. The summed E-state index contributed by atoms with van der Waals surface area (Å²) in [6.07, 6.45) is 1.63. The number of ketones is 1. The minimum Gasteiger partial charge on any atom is -0.448 e. The largest absolute Gasteiger partial charge is 0.448 e. The smallest absolute Gasteiger partial charge is 0.410 e. The van der Waals surface area contributed by atoms with Crippen LogP contribution in [0.3, 0.4) is 0 Å². The molecule has 0 atom stereocenters. The molecule has 0 radical (unpaired) electrons. The number of nitrogen functional groups attached to an aromatic ring is 1. The molecule has 7 nitrogen and oxygen atoms in total. The zero-order valence-electron chi connectivity index (χ0n) is 19.2. The van der Waals surface area contributed by atoms with Gasteiger partial charge < -0.3 is 20.3 Å². The topological polar surface area (TPSA) is 91.1 Å². The molecule has 3 aromatic carbocycles. The van der Waals surface area contributed by atoms with Crippen molar-refractivity contribution in [3.8, 4) is 16.9 Å². The number of carbonyl (C=O) groups excluding carboxylic acids is 2. The van der Waals surface area contributed by atoms with Crippen molar-refractivity contribution in [3.05, 3.63) is 82.9 Å². The molecule has 0 saturated heterocycles. The molecule has 1 amide bonds. The predicted molar refractivity (Wildman–Crippen MR) is 130 cm³/mol. The average Bonchev–Trinajstić information content (AvgIpc) is 3.52. The van der Waals surface area contributed by atoms with Crippen LogP contribution in [0.1, 0.15) is 52.2 Å². The van der Waals surface area contributed by atoms with E-state index in [1.165, 1.54) is 22.3 Å². The third-order valence-corrected chi connectivity index (χ3v) is 7.03. The van der Waals surface area contributed by atoms with Crippen LogP contribution in [-0.4, -0.2) is 36.0 Å². The fourth-order valence-electron chi connectivity index (χ4n) is 5.07. The number of benzene rings is 3. The molecule has 3 aliphatic rings. The molecule has 1 saturated carbocycles. The van der Waals surface area contributed by atoms with Gasteiger partial charge in [-0.3, -0.25) is 4.79 Å². The zero-order valence-corrected chi connectivity index (χ0v) is 19.2. The van der Waals surface area contributed by atoms with Crippen molar-refractivity contribution in [3.63, 3.8) is 0 Å². The number of hydrogen-bond donors (Lipinski definition) is 1. The molecule has 3 aromatic rings. The van der Waals surface area contributed by atoms with E-state index in [1.807, 2.05) is 24.3 Å². The lowest BCUT2D eigenvalue weighted by atomic mass is 9.98. The number of fused-ring (bicyclic) bond motifs is 4. The zero-order chi connectivity index (χ0) is 23.9. The van der Waals surface area contributed by atoms with Gasteiger partial charge >= 0.3 is 6.09 Å². The first-order valence-corrected chi connectivity index (χ1v) is 12.0. The molecule has 1 aliphatic heterocycles. The van der Waals surface area contributed by atoms with Crippen molar-refractivity contribution >= 4 is 17.6 Å². The van der Waals surface area contributed by atoms with Crippen LogP contribution in [0.15, 0.2) is 60.7 Å². The number of ether oxygens (including phenoxy) is 1. The molecule has 1 heterocycles. The Labute approximate surface area is 203 Å². The standard InChI is InChI=1S/C28H26N2O5/c29-25-13-17-15-34-35-27(17)14-23(25)26(31)11-12-30(18-9-10-18)28(32)33-16-24-21-7-3-1-5-19(21)20-6-2-4-8-22(20)24/h1-8,13-14,18,24H,9-12,15-16,29H2. The number of anilines is 1. The Morgan fingerprint density at radius 2 is 1.69 bits per heavy atom.